The van der Waals surface area contributed by atoms with Crippen molar-refractivity contribution in [1.82, 2.24) is 15.0 Å². The molecular formula is C27H24F3N5O2. The summed E-state index contributed by atoms with van der Waals surface area (Å²) < 4.78 is 45.0. The summed E-state index contributed by atoms with van der Waals surface area (Å²) in [6.45, 7) is 5.61. The molecule has 4 aromatic rings. The number of aromatic nitrogens is 3. The largest absolute Gasteiger partial charge is 0.438 e. The molecule has 10 heteroatoms. The number of amides is 2. The van der Waals surface area contributed by atoms with Crippen molar-refractivity contribution in [3.05, 3.63) is 89.5 Å². The van der Waals surface area contributed by atoms with E-state index in [0.29, 0.717) is 40.8 Å². The lowest BCUT2D eigenvalue weighted by Crippen LogP contribution is -2.20. The predicted molar refractivity (Wildman–Crippen MR) is 135 cm³/mol. The van der Waals surface area contributed by atoms with Crippen molar-refractivity contribution in [2.24, 2.45) is 0 Å². The number of benzene rings is 2. The van der Waals surface area contributed by atoms with Crippen molar-refractivity contribution in [2.45, 2.75) is 33.4 Å². The molecule has 2 aromatic carbocycles. The molecule has 0 radical (unpaired) electrons. The Morgan fingerprint density at radius 2 is 1.76 bits per heavy atom. The van der Waals surface area contributed by atoms with Gasteiger partial charge in [0.05, 0.1) is 16.8 Å². The summed E-state index contributed by atoms with van der Waals surface area (Å²) >= 11 is 0. The highest BCUT2D eigenvalue weighted by molar-refractivity contribution is 6.00. The fourth-order valence-corrected chi connectivity index (χ4v) is 3.59. The lowest BCUT2D eigenvalue weighted by molar-refractivity contribution is -0.137. The summed E-state index contributed by atoms with van der Waals surface area (Å²) in [5, 5.41) is 5.11. The van der Waals surface area contributed by atoms with E-state index in [1.165, 1.54) is 12.1 Å². The number of urea groups is 1. The number of ether oxygens (including phenoxy) is 1. The second kappa shape index (κ2) is 10.7. The van der Waals surface area contributed by atoms with E-state index < -0.39 is 17.8 Å². The van der Waals surface area contributed by atoms with Crippen LogP contribution in [0.15, 0.2) is 67.0 Å². The maximum atomic E-state index is 12.9. The molecule has 0 aliphatic carbocycles. The number of carbonyl (C=O) groups is 1. The van der Waals surface area contributed by atoms with Gasteiger partial charge in [0, 0.05) is 30.2 Å². The molecule has 4 rings (SSSR count). The maximum Gasteiger partial charge on any atom is 0.416 e. The molecule has 0 aliphatic heterocycles. The molecule has 0 saturated heterocycles. The normalized spacial score (nSPS) is 11.2. The Balaban J connectivity index is 1.52. The molecule has 0 spiro atoms. The summed E-state index contributed by atoms with van der Waals surface area (Å²) in [5.41, 5.74) is 2.54. The molecular weight excluding hydrogens is 483 g/mol. The van der Waals surface area contributed by atoms with Gasteiger partial charge in [-0.15, -0.1) is 0 Å². The van der Waals surface area contributed by atoms with Crippen LogP contribution in [0.2, 0.25) is 0 Å². The van der Waals surface area contributed by atoms with E-state index in [1.54, 1.807) is 43.6 Å². The number of pyridine rings is 1. The molecule has 37 heavy (non-hydrogen) atoms. The van der Waals surface area contributed by atoms with Crippen LogP contribution in [0.25, 0.3) is 11.3 Å². The summed E-state index contributed by atoms with van der Waals surface area (Å²) in [7, 11) is 0. The van der Waals surface area contributed by atoms with Gasteiger partial charge in [0.25, 0.3) is 0 Å². The first-order valence-corrected chi connectivity index (χ1v) is 11.5. The average molecular weight is 508 g/mol. The van der Waals surface area contributed by atoms with Crippen LogP contribution in [0.1, 0.15) is 29.4 Å². The number of halogens is 3. The van der Waals surface area contributed by atoms with Crippen LogP contribution >= 0.6 is 0 Å². The molecule has 2 heterocycles. The Bertz CT molecular complexity index is 1440. The van der Waals surface area contributed by atoms with Gasteiger partial charge < -0.3 is 15.4 Å². The van der Waals surface area contributed by atoms with E-state index in [-0.39, 0.29) is 5.69 Å². The van der Waals surface area contributed by atoms with Crippen LogP contribution in [0, 0.1) is 13.8 Å². The minimum atomic E-state index is -4.50. The third-order valence-corrected chi connectivity index (χ3v) is 5.71. The van der Waals surface area contributed by atoms with Crippen LogP contribution < -0.4 is 15.4 Å². The van der Waals surface area contributed by atoms with Crippen molar-refractivity contribution in [3.8, 4) is 22.9 Å². The Morgan fingerprint density at radius 1 is 0.946 bits per heavy atom. The van der Waals surface area contributed by atoms with Crippen LogP contribution in [-0.2, 0) is 12.6 Å². The first-order valence-electron chi connectivity index (χ1n) is 11.5. The van der Waals surface area contributed by atoms with Gasteiger partial charge in [-0.1, -0.05) is 13.0 Å². The molecule has 0 atom stereocenters. The molecule has 0 fully saturated rings. The van der Waals surface area contributed by atoms with Gasteiger partial charge in [0.1, 0.15) is 11.6 Å². The number of carbonyl (C=O) groups excluding carboxylic acids is 1. The number of rotatable bonds is 6. The smallest absolute Gasteiger partial charge is 0.416 e. The van der Waals surface area contributed by atoms with Gasteiger partial charge in [-0.05, 0) is 73.5 Å². The Kier molecular flexibility index (Phi) is 7.37. The highest BCUT2D eigenvalue weighted by atomic mass is 19.4. The van der Waals surface area contributed by atoms with Crippen molar-refractivity contribution in [1.29, 1.82) is 0 Å². The minimum Gasteiger partial charge on any atom is -0.438 e. The van der Waals surface area contributed by atoms with Crippen molar-refractivity contribution in [3.63, 3.8) is 0 Å². The highest BCUT2D eigenvalue weighted by Crippen LogP contribution is 2.35. The fraction of sp³-hybridized carbons (Fsp3) is 0.185. The minimum absolute atomic E-state index is 0.0280. The zero-order valence-electron chi connectivity index (χ0n) is 20.3. The lowest BCUT2D eigenvalue weighted by atomic mass is 10.1. The highest BCUT2D eigenvalue weighted by Gasteiger charge is 2.30. The monoisotopic (exact) mass is 507 g/mol. The Hall–Kier alpha value is -4.47. The van der Waals surface area contributed by atoms with Crippen molar-refractivity contribution >= 4 is 17.4 Å². The lowest BCUT2D eigenvalue weighted by Gasteiger charge is -2.16. The zero-order valence-corrected chi connectivity index (χ0v) is 20.3. The number of nitrogens with one attached hydrogen (secondary N) is 2. The number of alkyl halides is 3. The van der Waals surface area contributed by atoms with E-state index in [0.717, 1.165) is 23.3 Å². The second-order valence-corrected chi connectivity index (χ2v) is 8.19. The summed E-state index contributed by atoms with van der Waals surface area (Å²) in [4.78, 5) is 25.6. The van der Waals surface area contributed by atoms with E-state index in [4.69, 9.17) is 4.74 Å². The summed E-state index contributed by atoms with van der Waals surface area (Å²) in [6.07, 6.45) is -0.495. The van der Waals surface area contributed by atoms with E-state index in [9.17, 15) is 18.0 Å². The zero-order chi connectivity index (χ0) is 26.6. The van der Waals surface area contributed by atoms with Gasteiger partial charge in [-0.3, -0.25) is 0 Å². The third-order valence-electron chi connectivity index (χ3n) is 5.71. The van der Waals surface area contributed by atoms with Crippen LogP contribution in [0.5, 0.6) is 11.6 Å². The second-order valence-electron chi connectivity index (χ2n) is 8.19. The van der Waals surface area contributed by atoms with Gasteiger partial charge in [-0.2, -0.15) is 13.2 Å². The molecule has 0 bridgehead atoms. The molecule has 0 aliphatic rings. The molecule has 0 saturated carbocycles. The van der Waals surface area contributed by atoms with Gasteiger partial charge >= 0.3 is 12.2 Å². The van der Waals surface area contributed by atoms with Gasteiger partial charge in [-0.25, -0.2) is 19.7 Å². The Morgan fingerprint density at radius 3 is 2.51 bits per heavy atom. The molecule has 2 N–H and O–H groups in total. The molecule has 2 aromatic heterocycles. The quantitative estimate of drug-likeness (QED) is 0.289. The topological polar surface area (TPSA) is 89.0 Å². The van der Waals surface area contributed by atoms with Crippen LogP contribution in [0.3, 0.4) is 0 Å². The van der Waals surface area contributed by atoms with E-state index >= 15 is 0 Å². The number of hydrogen-bond donors (Lipinski definition) is 2. The predicted octanol–water partition coefficient (Wildman–Crippen LogP) is 7.17. The first kappa shape index (κ1) is 25.6. The summed E-state index contributed by atoms with van der Waals surface area (Å²) in [5.74, 6) is 1.61. The molecule has 2 amide bonds. The van der Waals surface area contributed by atoms with Crippen molar-refractivity contribution < 1.29 is 22.7 Å². The number of aryl methyl sites for hydroxylation is 1. The van der Waals surface area contributed by atoms with E-state index in [1.807, 2.05) is 19.9 Å². The number of anilines is 2. The van der Waals surface area contributed by atoms with Crippen LogP contribution in [-0.4, -0.2) is 21.0 Å². The van der Waals surface area contributed by atoms with E-state index in [2.05, 4.69) is 25.6 Å². The van der Waals surface area contributed by atoms with Crippen LogP contribution in [0.4, 0.5) is 29.3 Å². The van der Waals surface area contributed by atoms with Crippen molar-refractivity contribution in [2.75, 3.05) is 10.6 Å². The Labute approximate surface area is 211 Å². The standard InChI is InChI=1S/C27H24F3N5O2/c1-4-24-31-14-12-22(34-24)20-9-6-13-32-25(20)37-23-11-10-21(16(2)17(23)3)35-26(36)33-19-8-5-7-18(15-19)27(28,29)30/h5-15H,4H2,1-3H3,(H2,33,35,36). The average Bonchev–Trinajstić information content (AvgIpc) is 2.88. The van der Waals surface area contributed by atoms with Gasteiger partial charge in [0.2, 0.25) is 5.88 Å². The molecule has 190 valence electrons. The number of hydrogen-bond acceptors (Lipinski definition) is 5. The maximum absolute atomic E-state index is 12.9. The SMILES string of the molecule is CCc1nccc(-c2cccnc2Oc2ccc(NC(=O)Nc3cccc(C(F)(F)F)c3)c(C)c2C)n1. The number of nitrogens with zero attached hydrogens (tertiary/aromatic N) is 3. The fourth-order valence-electron chi connectivity index (χ4n) is 3.59. The summed E-state index contributed by atoms with van der Waals surface area (Å²) in [6, 6.07) is 12.6. The third kappa shape index (κ3) is 6.03. The molecule has 0 unspecified atom stereocenters. The molecule has 7 nitrogen and oxygen atoms in total. The van der Waals surface area contributed by atoms with Gasteiger partial charge in [0.15, 0.2) is 0 Å². The first-order chi connectivity index (χ1) is 17.7.